The third kappa shape index (κ3) is 4.78. The summed E-state index contributed by atoms with van der Waals surface area (Å²) in [5.41, 5.74) is 11.6. The number of hydrazine groups is 1. The summed E-state index contributed by atoms with van der Waals surface area (Å²) in [5.74, 6) is -0.516. The molecule has 2 rings (SSSR count). The van der Waals surface area contributed by atoms with Gasteiger partial charge in [0, 0.05) is 20.6 Å². The quantitative estimate of drug-likeness (QED) is 0.433. The van der Waals surface area contributed by atoms with Crippen molar-refractivity contribution in [2.45, 2.75) is 4.90 Å². The monoisotopic (exact) mass is 379 g/mol. The first-order valence-electron chi connectivity index (χ1n) is 6.38. The van der Waals surface area contributed by atoms with Crippen molar-refractivity contribution in [3.63, 3.8) is 0 Å². The van der Waals surface area contributed by atoms with Crippen LogP contribution in [0.5, 0.6) is 0 Å². The minimum Gasteiger partial charge on any atom is -0.398 e. The molecule has 0 saturated carbocycles. The molecule has 2 amide bonds. The highest BCUT2D eigenvalue weighted by Crippen LogP contribution is 2.23. The predicted molar refractivity (Wildman–Crippen MR) is 91.3 cm³/mol. The fourth-order valence-corrected chi connectivity index (χ4v) is 2.62. The Morgan fingerprint density at radius 3 is 2.41 bits per heavy atom. The highest BCUT2D eigenvalue weighted by atomic mass is 79.9. The number of carbonyl (C=O) groups excluding carboxylic acids is 2. The Kier molecular flexibility index (Phi) is 5.85. The number of para-hydroxylation sites is 1. The summed E-state index contributed by atoms with van der Waals surface area (Å²) in [5, 5.41) is 0. The maximum atomic E-state index is 11.8. The van der Waals surface area contributed by atoms with Crippen LogP contribution in [-0.4, -0.2) is 17.6 Å². The fraction of sp³-hybridized carbons (Fsp3) is 0.0667. The number of nitrogen functional groups attached to an aromatic ring is 1. The number of rotatable bonds is 4. The summed E-state index contributed by atoms with van der Waals surface area (Å²) < 4.78 is 0.880. The molecule has 0 aliphatic heterocycles. The maximum Gasteiger partial charge on any atom is 0.269 e. The molecule has 7 heteroatoms. The molecule has 5 nitrogen and oxygen atoms in total. The first kappa shape index (κ1) is 16.4. The van der Waals surface area contributed by atoms with Crippen molar-refractivity contribution in [3.8, 4) is 0 Å². The van der Waals surface area contributed by atoms with Gasteiger partial charge in [0.2, 0.25) is 5.91 Å². The van der Waals surface area contributed by atoms with Crippen LogP contribution in [0.4, 0.5) is 5.69 Å². The van der Waals surface area contributed by atoms with Gasteiger partial charge in [-0.25, -0.2) is 0 Å². The Labute approximate surface area is 140 Å². The number of amides is 2. The Bertz CT molecular complexity index is 677. The first-order valence-corrected chi connectivity index (χ1v) is 8.16. The number of halogens is 1. The Hall–Kier alpha value is -1.99. The second kappa shape index (κ2) is 7.86. The number of hydrogen-bond donors (Lipinski definition) is 3. The van der Waals surface area contributed by atoms with Crippen molar-refractivity contribution < 1.29 is 9.59 Å². The van der Waals surface area contributed by atoms with Crippen molar-refractivity contribution in [2.24, 2.45) is 0 Å². The summed E-state index contributed by atoms with van der Waals surface area (Å²) in [7, 11) is 0. The summed E-state index contributed by atoms with van der Waals surface area (Å²) in [6.45, 7) is 0. The lowest BCUT2D eigenvalue weighted by Crippen LogP contribution is -2.42. The van der Waals surface area contributed by atoms with E-state index in [9.17, 15) is 9.59 Å². The topological polar surface area (TPSA) is 84.2 Å². The second-order valence-corrected chi connectivity index (χ2v) is 6.27. The minimum atomic E-state index is -0.370. The van der Waals surface area contributed by atoms with Crippen molar-refractivity contribution in [2.75, 3.05) is 11.5 Å². The van der Waals surface area contributed by atoms with E-state index in [-0.39, 0.29) is 17.6 Å². The van der Waals surface area contributed by atoms with Crippen LogP contribution in [0.3, 0.4) is 0 Å². The number of thioether (sulfide) groups is 1. The normalized spacial score (nSPS) is 10.0. The molecule has 0 bridgehead atoms. The van der Waals surface area contributed by atoms with Crippen LogP contribution < -0.4 is 16.6 Å². The minimum absolute atomic E-state index is 0.162. The third-order valence-electron chi connectivity index (χ3n) is 2.70. The molecule has 2 aromatic rings. The van der Waals surface area contributed by atoms with E-state index in [0.717, 1.165) is 9.37 Å². The van der Waals surface area contributed by atoms with Gasteiger partial charge in [-0.3, -0.25) is 20.4 Å². The van der Waals surface area contributed by atoms with Crippen LogP contribution >= 0.6 is 27.7 Å². The Morgan fingerprint density at radius 2 is 1.73 bits per heavy atom. The zero-order valence-corrected chi connectivity index (χ0v) is 13.9. The molecule has 22 heavy (non-hydrogen) atoms. The van der Waals surface area contributed by atoms with Gasteiger partial charge < -0.3 is 5.73 Å². The van der Waals surface area contributed by atoms with E-state index >= 15 is 0 Å². The highest BCUT2D eigenvalue weighted by molar-refractivity contribution is 9.10. The summed E-state index contributed by atoms with van der Waals surface area (Å²) in [6.07, 6.45) is 0. The Balaban J connectivity index is 1.79. The van der Waals surface area contributed by atoms with Crippen molar-refractivity contribution in [1.29, 1.82) is 0 Å². The second-order valence-electron chi connectivity index (χ2n) is 4.34. The molecule has 0 aliphatic carbocycles. The van der Waals surface area contributed by atoms with E-state index in [1.54, 1.807) is 30.3 Å². The van der Waals surface area contributed by atoms with Gasteiger partial charge in [0.15, 0.2) is 0 Å². The SMILES string of the molecule is Nc1ccccc1SCC(=O)NNC(=O)c1ccc(Br)cc1. The third-order valence-corrected chi connectivity index (χ3v) is 4.32. The van der Waals surface area contributed by atoms with E-state index in [1.807, 2.05) is 18.2 Å². The molecule has 0 radical (unpaired) electrons. The van der Waals surface area contributed by atoms with E-state index in [2.05, 4.69) is 26.8 Å². The molecule has 0 atom stereocenters. The van der Waals surface area contributed by atoms with E-state index < -0.39 is 0 Å². The molecule has 0 spiro atoms. The van der Waals surface area contributed by atoms with Crippen molar-refractivity contribution in [1.82, 2.24) is 10.9 Å². The molecular formula is C15H14BrN3O2S. The highest BCUT2D eigenvalue weighted by Gasteiger charge is 2.08. The number of hydrogen-bond acceptors (Lipinski definition) is 4. The van der Waals surface area contributed by atoms with Gasteiger partial charge in [-0.15, -0.1) is 11.8 Å². The summed E-state index contributed by atoms with van der Waals surface area (Å²) in [6, 6.07) is 14.1. The maximum absolute atomic E-state index is 11.8. The molecule has 0 unspecified atom stereocenters. The van der Waals surface area contributed by atoms with Gasteiger partial charge in [-0.2, -0.15) is 0 Å². The lowest BCUT2D eigenvalue weighted by atomic mass is 10.2. The average molecular weight is 380 g/mol. The van der Waals surface area contributed by atoms with Gasteiger partial charge in [0.05, 0.1) is 5.75 Å². The van der Waals surface area contributed by atoms with E-state index in [4.69, 9.17) is 5.73 Å². The number of benzene rings is 2. The van der Waals surface area contributed by atoms with E-state index in [0.29, 0.717) is 11.3 Å². The number of carbonyl (C=O) groups is 2. The summed E-state index contributed by atoms with van der Waals surface area (Å²) >= 11 is 4.60. The summed E-state index contributed by atoms with van der Waals surface area (Å²) in [4.78, 5) is 24.4. The number of nitrogens with one attached hydrogen (secondary N) is 2. The average Bonchev–Trinajstić information content (AvgIpc) is 2.52. The molecule has 0 aliphatic rings. The fourth-order valence-electron chi connectivity index (χ4n) is 1.59. The molecule has 114 valence electrons. The predicted octanol–water partition coefficient (Wildman–Crippen LogP) is 2.58. The van der Waals surface area contributed by atoms with Crippen LogP contribution in [0, 0.1) is 0 Å². The van der Waals surface area contributed by atoms with Crippen molar-refractivity contribution in [3.05, 3.63) is 58.6 Å². The molecular weight excluding hydrogens is 366 g/mol. The van der Waals surface area contributed by atoms with E-state index in [1.165, 1.54) is 11.8 Å². The standard InChI is InChI=1S/C15H14BrN3O2S/c16-11-7-5-10(6-8-11)15(21)19-18-14(20)9-22-13-4-2-1-3-12(13)17/h1-8H,9,17H2,(H,18,20)(H,19,21). The molecule has 2 aromatic carbocycles. The van der Waals surface area contributed by atoms with Gasteiger partial charge in [-0.1, -0.05) is 28.1 Å². The van der Waals surface area contributed by atoms with Crippen LogP contribution in [-0.2, 0) is 4.79 Å². The van der Waals surface area contributed by atoms with Crippen LogP contribution in [0.1, 0.15) is 10.4 Å². The van der Waals surface area contributed by atoms with Crippen LogP contribution in [0.15, 0.2) is 57.9 Å². The smallest absolute Gasteiger partial charge is 0.269 e. The molecule has 0 saturated heterocycles. The van der Waals surface area contributed by atoms with Crippen LogP contribution in [0.2, 0.25) is 0 Å². The Morgan fingerprint density at radius 1 is 1.05 bits per heavy atom. The van der Waals surface area contributed by atoms with Gasteiger partial charge in [0.25, 0.3) is 5.91 Å². The largest absolute Gasteiger partial charge is 0.398 e. The molecule has 0 fully saturated rings. The molecule has 0 aromatic heterocycles. The number of anilines is 1. The zero-order valence-electron chi connectivity index (χ0n) is 11.5. The van der Waals surface area contributed by atoms with Gasteiger partial charge in [-0.05, 0) is 36.4 Å². The van der Waals surface area contributed by atoms with Gasteiger partial charge >= 0.3 is 0 Å². The van der Waals surface area contributed by atoms with Gasteiger partial charge in [0.1, 0.15) is 0 Å². The molecule has 0 heterocycles. The zero-order chi connectivity index (χ0) is 15.9. The van der Waals surface area contributed by atoms with Crippen molar-refractivity contribution >= 4 is 45.2 Å². The first-order chi connectivity index (χ1) is 10.6. The number of nitrogens with two attached hydrogens (primary N) is 1. The lowest BCUT2D eigenvalue weighted by molar-refractivity contribution is -0.119. The lowest BCUT2D eigenvalue weighted by Gasteiger charge is -2.08. The van der Waals surface area contributed by atoms with Crippen LogP contribution in [0.25, 0.3) is 0 Å². The molecule has 4 N–H and O–H groups in total.